The third-order valence-corrected chi connectivity index (χ3v) is 10.7. The monoisotopic (exact) mass is 701 g/mol. The van der Waals surface area contributed by atoms with Gasteiger partial charge in [0.1, 0.15) is 11.2 Å². The Morgan fingerprint density at radius 1 is 0.291 bits per heavy atom. The van der Waals surface area contributed by atoms with E-state index >= 15 is 0 Å². The van der Waals surface area contributed by atoms with Crippen LogP contribution in [0.1, 0.15) is 0 Å². The zero-order chi connectivity index (χ0) is 36.3. The second kappa shape index (κ2) is 12.6. The number of hydrogen-bond donors (Lipinski definition) is 0. The van der Waals surface area contributed by atoms with Crippen LogP contribution in [0.25, 0.3) is 111 Å². The standard InChI is InChI=1S/C51H31N3O/c1-2-12-33(13-3-1)38-16-8-9-20-44(38)50-52-49(35-24-22-32(23-25-35)36-27-28-42-41-19-10-11-21-46(41)55-47(42)31-36)53-51(54-50)48-40-18-7-5-15-37(40)30-45-39-17-6-4-14-34(39)26-29-43(45)48/h1-31H. The summed E-state index contributed by atoms with van der Waals surface area (Å²) in [5.41, 5.74) is 8.97. The minimum Gasteiger partial charge on any atom is -0.456 e. The first-order valence-electron chi connectivity index (χ1n) is 18.5. The number of nitrogens with zero attached hydrogens (tertiary/aromatic N) is 3. The van der Waals surface area contributed by atoms with E-state index in [1.807, 2.05) is 24.3 Å². The highest BCUT2D eigenvalue weighted by molar-refractivity contribution is 6.19. The highest BCUT2D eigenvalue weighted by Crippen LogP contribution is 2.40. The lowest BCUT2D eigenvalue weighted by atomic mass is 9.93. The van der Waals surface area contributed by atoms with Gasteiger partial charge in [0, 0.05) is 27.5 Å². The fourth-order valence-electron chi connectivity index (χ4n) is 8.06. The SMILES string of the molecule is c1ccc(-c2ccccc2-c2nc(-c3ccc(-c4ccc5c(c4)oc4ccccc45)cc3)nc(-c3c4ccccc4cc4c3ccc3ccccc34)n2)cc1. The molecule has 0 radical (unpaired) electrons. The lowest BCUT2D eigenvalue weighted by molar-refractivity contribution is 0.669. The molecule has 0 bridgehead atoms. The number of hydrogen-bond acceptors (Lipinski definition) is 4. The molecule has 0 saturated heterocycles. The van der Waals surface area contributed by atoms with Gasteiger partial charge in [-0.05, 0) is 78.8 Å². The van der Waals surface area contributed by atoms with Crippen molar-refractivity contribution in [1.29, 1.82) is 0 Å². The predicted molar refractivity (Wildman–Crippen MR) is 227 cm³/mol. The van der Waals surface area contributed by atoms with Gasteiger partial charge in [0.2, 0.25) is 0 Å². The number of para-hydroxylation sites is 1. The Labute approximate surface area is 317 Å². The minimum atomic E-state index is 0.615. The Morgan fingerprint density at radius 3 is 1.75 bits per heavy atom. The molecule has 0 amide bonds. The van der Waals surface area contributed by atoms with E-state index in [2.05, 4.69) is 164 Å². The van der Waals surface area contributed by atoms with Crippen LogP contribution in [0, 0.1) is 0 Å². The molecule has 9 aromatic carbocycles. The zero-order valence-electron chi connectivity index (χ0n) is 29.6. The molecule has 0 aliphatic carbocycles. The Morgan fingerprint density at radius 2 is 0.891 bits per heavy atom. The summed E-state index contributed by atoms with van der Waals surface area (Å²) in [4.78, 5) is 15.9. The number of benzene rings is 9. The lowest BCUT2D eigenvalue weighted by Crippen LogP contribution is -2.02. The molecule has 0 spiro atoms. The van der Waals surface area contributed by atoms with Gasteiger partial charge in [-0.2, -0.15) is 0 Å². The van der Waals surface area contributed by atoms with Crippen molar-refractivity contribution in [3.63, 3.8) is 0 Å². The average molecular weight is 702 g/mol. The molecule has 2 heterocycles. The summed E-state index contributed by atoms with van der Waals surface area (Å²) in [7, 11) is 0. The van der Waals surface area contributed by atoms with Crippen LogP contribution in [0.5, 0.6) is 0 Å². The van der Waals surface area contributed by atoms with Crippen molar-refractivity contribution in [2.45, 2.75) is 0 Å². The van der Waals surface area contributed by atoms with Gasteiger partial charge < -0.3 is 4.42 Å². The summed E-state index contributed by atoms with van der Waals surface area (Å²) in [6.45, 7) is 0. The van der Waals surface area contributed by atoms with Crippen LogP contribution in [-0.4, -0.2) is 15.0 Å². The average Bonchev–Trinajstić information content (AvgIpc) is 3.64. The first-order valence-corrected chi connectivity index (χ1v) is 18.5. The van der Waals surface area contributed by atoms with Crippen molar-refractivity contribution >= 4 is 54.3 Å². The van der Waals surface area contributed by atoms with E-state index in [0.717, 1.165) is 77.0 Å². The van der Waals surface area contributed by atoms with Crippen molar-refractivity contribution < 1.29 is 4.42 Å². The second-order valence-corrected chi connectivity index (χ2v) is 14.0. The van der Waals surface area contributed by atoms with Gasteiger partial charge in [0.15, 0.2) is 17.5 Å². The smallest absolute Gasteiger partial charge is 0.165 e. The second-order valence-electron chi connectivity index (χ2n) is 14.0. The molecule has 4 nitrogen and oxygen atoms in total. The molecule has 0 unspecified atom stereocenters. The maximum atomic E-state index is 6.22. The van der Waals surface area contributed by atoms with Gasteiger partial charge in [-0.3, -0.25) is 0 Å². The zero-order valence-corrected chi connectivity index (χ0v) is 29.6. The molecule has 2 aromatic heterocycles. The third-order valence-electron chi connectivity index (χ3n) is 10.7. The van der Waals surface area contributed by atoms with Crippen molar-refractivity contribution in [2.24, 2.45) is 0 Å². The Bertz CT molecular complexity index is 3260. The fraction of sp³-hybridized carbons (Fsp3) is 0. The topological polar surface area (TPSA) is 51.8 Å². The van der Waals surface area contributed by atoms with E-state index in [9.17, 15) is 0 Å². The van der Waals surface area contributed by atoms with Crippen LogP contribution in [0.15, 0.2) is 192 Å². The molecule has 4 heteroatoms. The largest absolute Gasteiger partial charge is 0.456 e. The summed E-state index contributed by atoms with van der Waals surface area (Å²) in [5.74, 6) is 1.88. The van der Waals surface area contributed by atoms with Gasteiger partial charge >= 0.3 is 0 Å². The normalized spacial score (nSPS) is 11.6. The van der Waals surface area contributed by atoms with Gasteiger partial charge in [0.25, 0.3) is 0 Å². The summed E-state index contributed by atoms with van der Waals surface area (Å²) in [6, 6.07) is 65.7. The van der Waals surface area contributed by atoms with Crippen LogP contribution in [-0.2, 0) is 0 Å². The quantitative estimate of drug-likeness (QED) is 0.132. The Balaban J connectivity index is 1.12. The molecule has 0 saturated carbocycles. The van der Waals surface area contributed by atoms with E-state index < -0.39 is 0 Å². The molecule has 11 rings (SSSR count). The number of rotatable bonds is 5. The summed E-state index contributed by atoms with van der Waals surface area (Å²) in [6.07, 6.45) is 0. The maximum absolute atomic E-state index is 6.22. The molecule has 11 aromatic rings. The number of furan rings is 1. The molecular weight excluding hydrogens is 671 g/mol. The van der Waals surface area contributed by atoms with Crippen molar-refractivity contribution in [2.75, 3.05) is 0 Å². The molecule has 0 aliphatic rings. The van der Waals surface area contributed by atoms with E-state index in [4.69, 9.17) is 19.4 Å². The molecule has 0 atom stereocenters. The molecule has 256 valence electrons. The minimum absolute atomic E-state index is 0.615. The summed E-state index contributed by atoms with van der Waals surface area (Å²) in [5, 5.41) is 9.16. The van der Waals surface area contributed by atoms with Gasteiger partial charge in [-0.25, -0.2) is 15.0 Å². The van der Waals surface area contributed by atoms with E-state index in [-0.39, 0.29) is 0 Å². The maximum Gasteiger partial charge on any atom is 0.165 e. The van der Waals surface area contributed by atoms with Crippen molar-refractivity contribution in [1.82, 2.24) is 15.0 Å². The predicted octanol–water partition coefficient (Wildman–Crippen LogP) is 13.6. The summed E-state index contributed by atoms with van der Waals surface area (Å²) >= 11 is 0. The van der Waals surface area contributed by atoms with Crippen LogP contribution in [0.3, 0.4) is 0 Å². The highest BCUT2D eigenvalue weighted by atomic mass is 16.3. The fourth-order valence-corrected chi connectivity index (χ4v) is 8.06. The van der Waals surface area contributed by atoms with Crippen LogP contribution in [0.2, 0.25) is 0 Å². The Hall–Kier alpha value is -7.43. The first kappa shape index (κ1) is 31.1. The third kappa shape index (κ3) is 5.26. The van der Waals surface area contributed by atoms with Gasteiger partial charge in [-0.1, -0.05) is 164 Å². The Kier molecular flexibility index (Phi) is 7.14. The lowest BCUT2D eigenvalue weighted by Gasteiger charge is -2.15. The first-order chi connectivity index (χ1) is 27.2. The van der Waals surface area contributed by atoms with E-state index in [1.165, 1.54) is 16.2 Å². The molecule has 0 aliphatic heterocycles. The van der Waals surface area contributed by atoms with Crippen LogP contribution < -0.4 is 0 Å². The number of aromatic nitrogens is 3. The molecular formula is C51H31N3O. The highest BCUT2D eigenvalue weighted by Gasteiger charge is 2.20. The van der Waals surface area contributed by atoms with E-state index in [0.29, 0.717) is 17.5 Å². The molecule has 0 fully saturated rings. The van der Waals surface area contributed by atoms with Crippen molar-refractivity contribution in [3.8, 4) is 56.4 Å². The van der Waals surface area contributed by atoms with Crippen LogP contribution >= 0.6 is 0 Å². The van der Waals surface area contributed by atoms with E-state index in [1.54, 1.807) is 0 Å². The number of fused-ring (bicyclic) bond motifs is 7. The molecule has 55 heavy (non-hydrogen) atoms. The van der Waals surface area contributed by atoms with Crippen molar-refractivity contribution in [3.05, 3.63) is 188 Å². The molecule has 0 N–H and O–H groups in total. The van der Waals surface area contributed by atoms with Gasteiger partial charge in [-0.15, -0.1) is 0 Å². The summed E-state index contributed by atoms with van der Waals surface area (Å²) < 4.78 is 6.22. The van der Waals surface area contributed by atoms with Gasteiger partial charge in [0.05, 0.1) is 0 Å². The van der Waals surface area contributed by atoms with Crippen LogP contribution in [0.4, 0.5) is 0 Å².